The summed E-state index contributed by atoms with van der Waals surface area (Å²) < 4.78 is 32.9. The van der Waals surface area contributed by atoms with Gasteiger partial charge >= 0.3 is 5.97 Å². The second-order valence-corrected chi connectivity index (χ2v) is 12.8. The van der Waals surface area contributed by atoms with Gasteiger partial charge in [-0.05, 0) is 84.9 Å². The number of ketones is 2. The van der Waals surface area contributed by atoms with E-state index in [1.807, 2.05) is 0 Å². The van der Waals surface area contributed by atoms with Gasteiger partial charge in [-0.15, -0.1) is 0 Å². The number of Topliss-reactive ketones (excluding diaryl/α,β-unsaturated/α-hetero) is 1. The number of hydrogen-bond donors (Lipinski definition) is 4. The van der Waals surface area contributed by atoms with E-state index in [4.69, 9.17) is 5.11 Å². The van der Waals surface area contributed by atoms with Crippen molar-refractivity contribution in [2.24, 2.45) is 28.6 Å². The SMILES string of the molecule is C[C@H]1C[C@H]2[C@@H]3C[C@@H](F)C4=CC(=O)C(Br)=C[C@]4(C)[C@@]3(F)CC[C@]2(C)[C@@]1(O)C(=O)C(O)CCC(O)CC(=O)O. The summed E-state index contributed by atoms with van der Waals surface area (Å²) >= 11 is 3.19. The molecular weight excluding hydrogens is 554 g/mol. The van der Waals surface area contributed by atoms with Crippen LogP contribution in [0.25, 0.3) is 0 Å². The molecule has 7 nitrogen and oxygen atoms in total. The summed E-state index contributed by atoms with van der Waals surface area (Å²) in [7, 11) is 0. The molecule has 4 rings (SSSR count). The van der Waals surface area contributed by atoms with Gasteiger partial charge in [0.1, 0.15) is 23.5 Å². The number of alkyl halides is 2. The van der Waals surface area contributed by atoms with E-state index in [0.29, 0.717) is 0 Å². The summed E-state index contributed by atoms with van der Waals surface area (Å²) in [5.74, 6) is -4.47. The Morgan fingerprint density at radius 1 is 1.16 bits per heavy atom. The Kier molecular flexibility index (Phi) is 7.18. The maximum atomic E-state index is 17.2. The van der Waals surface area contributed by atoms with E-state index in [2.05, 4.69) is 15.9 Å². The minimum Gasteiger partial charge on any atom is -0.481 e. The Morgan fingerprint density at radius 3 is 2.43 bits per heavy atom. The molecule has 10 heteroatoms. The highest BCUT2D eigenvalue weighted by Gasteiger charge is 2.74. The first kappa shape index (κ1) is 28.5. The summed E-state index contributed by atoms with van der Waals surface area (Å²) in [6.07, 6.45) is -2.55. The summed E-state index contributed by atoms with van der Waals surface area (Å²) in [5.41, 5.74) is -6.28. The maximum absolute atomic E-state index is 17.2. The van der Waals surface area contributed by atoms with Crippen LogP contribution in [0.3, 0.4) is 0 Å². The zero-order chi connectivity index (χ0) is 27.7. The van der Waals surface area contributed by atoms with Crippen LogP contribution in [0.2, 0.25) is 0 Å². The molecule has 4 aliphatic rings. The van der Waals surface area contributed by atoms with Crippen molar-refractivity contribution >= 4 is 33.5 Å². The van der Waals surface area contributed by atoms with Crippen LogP contribution in [0.5, 0.6) is 0 Å². The van der Waals surface area contributed by atoms with Crippen molar-refractivity contribution in [2.75, 3.05) is 0 Å². The molecule has 4 N–H and O–H groups in total. The topological polar surface area (TPSA) is 132 Å². The molecule has 10 atom stereocenters. The molecule has 0 amide bonds. The third-order valence-electron chi connectivity index (χ3n) is 10.2. The Balaban J connectivity index is 1.64. The van der Waals surface area contributed by atoms with Crippen LogP contribution < -0.4 is 0 Å². The van der Waals surface area contributed by atoms with Crippen LogP contribution in [0.4, 0.5) is 8.78 Å². The first-order valence-electron chi connectivity index (χ1n) is 12.8. The highest BCUT2D eigenvalue weighted by atomic mass is 79.9. The molecule has 2 unspecified atom stereocenters. The fraction of sp³-hybridized carbons (Fsp3) is 0.741. The van der Waals surface area contributed by atoms with Crippen molar-refractivity contribution in [1.82, 2.24) is 0 Å². The molecule has 0 aromatic rings. The standard InChI is InChI=1S/C27H35BrF2O7/c1-13-8-15-16-10-19(29)17-11-21(33)18(28)12-25(17,3)26(16,30)7-6-24(15,2)27(13,37)23(36)20(32)5-4-14(31)9-22(34)35/h11-16,19-20,31-32,37H,4-10H2,1-3H3,(H,34,35)/t13-,14?,15-,16-,19+,20?,24-,25-,26+,27-/m0/s1. The summed E-state index contributed by atoms with van der Waals surface area (Å²) in [6, 6.07) is 0. The number of aliphatic hydroxyl groups is 3. The Labute approximate surface area is 223 Å². The molecule has 0 radical (unpaired) electrons. The van der Waals surface area contributed by atoms with E-state index in [1.54, 1.807) is 20.8 Å². The number of hydrogen-bond acceptors (Lipinski definition) is 6. The molecule has 3 saturated carbocycles. The molecule has 0 bridgehead atoms. The fourth-order valence-corrected chi connectivity index (χ4v) is 8.61. The molecule has 0 aliphatic heterocycles. The van der Waals surface area contributed by atoms with Crippen LogP contribution >= 0.6 is 15.9 Å². The number of fused-ring (bicyclic) bond motifs is 5. The fourth-order valence-electron chi connectivity index (χ4n) is 8.04. The monoisotopic (exact) mass is 588 g/mol. The third kappa shape index (κ3) is 4.00. The first-order chi connectivity index (χ1) is 17.0. The smallest absolute Gasteiger partial charge is 0.305 e. The van der Waals surface area contributed by atoms with E-state index in [9.17, 15) is 29.7 Å². The number of carboxylic acids is 1. The number of halogens is 3. The zero-order valence-corrected chi connectivity index (χ0v) is 22.8. The molecule has 206 valence electrons. The Morgan fingerprint density at radius 2 is 1.81 bits per heavy atom. The van der Waals surface area contributed by atoms with Crippen LogP contribution in [-0.4, -0.2) is 67.6 Å². The average molecular weight is 589 g/mol. The lowest BCUT2D eigenvalue weighted by Crippen LogP contribution is -2.66. The highest BCUT2D eigenvalue weighted by Crippen LogP contribution is 2.71. The minimum absolute atomic E-state index is 0.0636. The molecule has 0 aromatic carbocycles. The van der Waals surface area contributed by atoms with Crippen molar-refractivity contribution in [3.8, 4) is 0 Å². The summed E-state index contributed by atoms with van der Waals surface area (Å²) in [5, 5.41) is 41.2. The van der Waals surface area contributed by atoms with Gasteiger partial charge in [-0.3, -0.25) is 14.4 Å². The van der Waals surface area contributed by atoms with Gasteiger partial charge in [0.25, 0.3) is 0 Å². The molecule has 0 spiro atoms. The minimum atomic E-state index is -2.00. The second kappa shape index (κ2) is 9.31. The quantitative estimate of drug-likeness (QED) is 0.357. The van der Waals surface area contributed by atoms with Gasteiger partial charge in [0, 0.05) is 16.7 Å². The van der Waals surface area contributed by atoms with Gasteiger partial charge in [-0.2, -0.15) is 0 Å². The number of aliphatic carboxylic acids is 1. The average Bonchev–Trinajstić information content (AvgIpc) is 3.01. The Hall–Kier alpha value is -1.49. The predicted octanol–water partition coefficient (Wildman–Crippen LogP) is 3.58. The maximum Gasteiger partial charge on any atom is 0.305 e. The van der Waals surface area contributed by atoms with Crippen LogP contribution in [0.1, 0.15) is 65.7 Å². The van der Waals surface area contributed by atoms with E-state index < -0.39 is 82.2 Å². The normalized spacial score (nSPS) is 44.6. The first-order valence-corrected chi connectivity index (χ1v) is 13.6. The lowest BCUT2D eigenvalue weighted by molar-refractivity contribution is -0.189. The lowest BCUT2D eigenvalue weighted by Gasteiger charge is -2.61. The van der Waals surface area contributed by atoms with Gasteiger partial charge in [0.2, 0.25) is 0 Å². The molecule has 37 heavy (non-hydrogen) atoms. The summed E-state index contributed by atoms with van der Waals surface area (Å²) in [4.78, 5) is 36.5. The second-order valence-electron chi connectivity index (χ2n) is 12.0. The Bertz CT molecular complexity index is 1080. The molecular formula is C27H35BrF2O7. The van der Waals surface area contributed by atoms with Crippen molar-refractivity contribution < 1.29 is 43.6 Å². The third-order valence-corrected chi connectivity index (χ3v) is 10.8. The molecule has 3 fully saturated rings. The molecule has 4 aliphatic carbocycles. The van der Waals surface area contributed by atoms with Gasteiger partial charge < -0.3 is 20.4 Å². The number of carbonyl (C=O) groups excluding carboxylic acids is 2. The molecule has 0 heterocycles. The van der Waals surface area contributed by atoms with E-state index in [-0.39, 0.29) is 48.6 Å². The van der Waals surface area contributed by atoms with Gasteiger partial charge in [-0.1, -0.05) is 19.9 Å². The van der Waals surface area contributed by atoms with Crippen LogP contribution in [0.15, 0.2) is 22.2 Å². The van der Waals surface area contributed by atoms with Crippen LogP contribution in [0, 0.1) is 28.6 Å². The van der Waals surface area contributed by atoms with Gasteiger partial charge in [0.15, 0.2) is 11.6 Å². The van der Waals surface area contributed by atoms with Crippen molar-refractivity contribution in [3.63, 3.8) is 0 Å². The summed E-state index contributed by atoms with van der Waals surface area (Å²) in [6.45, 7) is 4.99. The van der Waals surface area contributed by atoms with Crippen molar-refractivity contribution in [3.05, 3.63) is 22.2 Å². The van der Waals surface area contributed by atoms with E-state index >= 15 is 8.78 Å². The van der Waals surface area contributed by atoms with E-state index in [0.717, 1.165) is 0 Å². The van der Waals surface area contributed by atoms with Crippen molar-refractivity contribution in [1.29, 1.82) is 0 Å². The number of carbonyl (C=O) groups is 3. The lowest BCUT2D eigenvalue weighted by atomic mass is 9.45. The van der Waals surface area contributed by atoms with Crippen LogP contribution in [-0.2, 0) is 14.4 Å². The molecule has 0 saturated heterocycles. The van der Waals surface area contributed by atoms with Gasteiger partial charge in [0.05, 0.1) is 17.0 Å². The number of allylic oxidation sites excluding steroid dienone is 4. The number of aliphatic hydroxyl groups excluding tert-OH is 2. The largest absolute Gasteiger partial charge is 0.481 e. The van der Waals surface area contributed by atoms with E-state index in [1.165, 1.54) is 12.2 Å². The highest BCUT2D eigenvalue weighted by molar-refractivity contribution is 9.12. The number of rotatable bonds is 7. The predicted molar refractivity (Wildman–Crippen MR) is 133 cm³/mol. The molecule has 0 aromatic heterocycles. The van der Waals surface area contributed by atoms with Crippen molar-refractivity contribution in [2.45, 2.75) is 95.4 Å². The zero-order valence-electron chi connectivity index (χ0n) is 21.2. The van der Waals surface area contributed by atoms with Gasteiger partial charge in [-0.25, -0.2) is 8.78 Å². The number of carboxylic acid groups (broad SMARTS) is 1.